The zero-order valence-electron chi connectivity index (χ0n) is 13.1. The average molecular weight is 305 g/mol. The third-order valence-electron chi connectivity index (χ3n) is 4.18. The van der Waals surface area contributed by atoms with E-state index >= 15 is 0 Å². The summed E-state index contributed by atoms with van der Waals surface area (Å²) in [5, 5.41) is 12.1. The van der Waals surface area contributed by atoms with Crippen LogP contribution in [0.3, 0.4) is 0 Å². The number of amides is 1. The van der Waals surface area contributed by atoms with Crippen LogP contribution in [0, 0.1) is 13.8 Å². The van der Waals surface area contributed by atoms with Crippen LogP contribution in [-0.4, -0.2) is 29.1 Å². The number of carboxylic acids is 1. The third kappa shape index (κ3) is 3.78. The molecule has 2 N–H and O–H groups in total. The lowest BCUT2D eigenvalue weighted by molar-refractivity contribution is -0.149. The molecule has 22 heavy (non-hydrogen) atoms. The fourth-order valence-corrected chi connectivity index (χ4v) is 2.96. The van der Waals surface area contributed by atoms with Crippen LogP contribution in [-0.2, 0) is 9.59 Å². The molecule has 1 aliphatic carbocycles. The molecule has 0 radical (unpaired) electrons. The van der Waals surface area contributed by atoms with Gasteiger partial charge in [0.05, 0.1) is 0 Å². The summed E-state index contributed by atoms with van der Waals surface area (Å²) in [5.74, 6) is -0.690. The number of aliphatic carboxylic acids is 1. The number of nitrogens with one attached hydrogen (secondary N) is 1. The summed E-state index contributed by atoms with van der Waals surface area (Å²) in [4.78, 5) is 23.6. The minimum absolute atomic E-state index is 0.168. The molecule has 1 aliphatic rings. The first-order valence-corrected chi connectivity index (χ1v) is 7.67. The number of benzene rings is 1. The first-order valence-electron chi connectivity index (χ1n) is 7.67. The Hall–Kier alpha value is -2.04. The molecule has 5 heteroatoms. The van der Waals surface area contributed by atoms with Gasteiger partial charge < -0.3 is 15.2 Å². The minimum atomic E-state index is -1.12. The van der Waals surface area contributed by atoms with Crippen molar-refractivity contribution >= 4 is 11.9 Å². The molecule has 0 bridgehead atoms. The smallest absolute Gasteiger partial charge is 0.329 e. The standard InChI is InChI=1S/C17H23NO4/c1-12-6-7-14(13(2)10-12)22-11-15(19)18-17(16(20)21)8-4-3-5-9-17/h6-7,10H,3-5,8-9,11H2,1-2H3,(H,18,19)(H,20,21). The van der Waals surface area contributed by atoms with E-state index in [9.17, 15) is 14.7 Å². The highest BCUT2D eigenvalue weighted by Gasteiger charge is 2.40. The van der Waals surface area contributed by atoms with Crippen molar-refractivity contribution in [1.82, 2.24) is 5.32 Å². The Labute approximate surface area is 130 Å². The Bertz CT molecular complexity index is 562. The van der Waals surface area contributed by atoms with Gasteiger partial charge >= 0.3 is 5.97 Å². The van der Waals surface area contributed by atoms with Crippen LogP contribution in [0.1, 0.15) is 43.2 Å². The molecule has 1 saturated carbocycles. The molecular formula is C17H23NO4. The molecule has 1 fully saturated rings. The Morgan fingerprint density at radius 1 is 1.23 bits per heavy atom. The number of rotatable bonds is 5. The van der Waals surface area contributed by atoms with Gasteiger partial charge in [-0.2, -0.15) is 0 Å². The van der Waals surface area contributed by atoms with Crippen molar-refractivity contribution in [2.45, 2.75) is 51.5 Å². The fraction of sp³-hybridized carbons (Fsp3) is 0.529. The largest absolute Gasteiger partial charge is 0.484 e. The molecule has 0 atom stereocenters. The number of carboxylic acid groups (broad SMARTS) is 1. The fourth-order valence-electron chi connectivity index (χ4n) is 2.96. The van der Waals surface area contributed by atoms with Gasteiger partial charge in [0, 0.05) is 0 Å². The molecule has 1 aromatic rings. The van der Waals surface area contributed by atoms with Crippen molar-refractivity contribution in [3.63, 3.8) is 0 Å². The summed E-state index contributed by atoms with van der Waals surface area (Å²) in [6, 6.07) is 5.72. The lowest BCUT2D eigenvalue weighted by Crippen LogP contribution is -2.56. The van der Waals surface area contributed by atoms with Gasteiger partial charge in [-0.05, 0) is 38.3 Å². The van der Waals surface area contributed by atoms with Gasteiger partial charge in [0.1, 0.15) is 11.3 Å². The van der Waals surface area contributed by atoms with Crippen LogP contribution < -0.4 is 10.1 Å². The summed E-state index contributed by atoms with van der Waals surface area (Å²) < 4.78 is 5.51. The van der Waals surface area contributed by atoms with Crippen LogP contribution in [0.5, 0.6) is 5.75 Å². The van der Waals surface area contributed by atoms with Gasteiger partial charge in [-0.25, -0.2) is 4.79 Å². The maximum Gasteiger partial charge on any atom is 0.329 e. The first kappa shape index (κ1) is 16.3. The van der Waals surface area contributed by atoms with Gasteiger partial charge in [0.25, 0.3) is 5.91 Å². The molecule has 1 aromatic carbocycles. The lowest BCUT2D eigenvalue weighted by atomic mass is 9.81. The number of hydrogen-bond acceptors (Lipinski definition) is 3. The normalized spacial score (nSPS) is 16.8. The topological polar surface area (TPSA) is 75.6 Å². The molecular weight excluding hydrogens is 282 g/mol. The second kappa shape index (κ2) is 6.81. The summed E-state index contributed by atoms with van der Waals surface area (Å²) in [6.45, 7) is 3.74. The second-order valence-corrected chi connectivity index (χ2v) is 6.05. The monoisotopic (exact) mass is 305 g/mol. The number of ether oxygens (including phenoxy) is 1. The summed E-state index contributed by atoms with van der Waals surface area (Å²) >= 11 is 0. The molecule has 0 unspecified atom stereocenters. The zero-order valence-corrected chi connectivity index (χ0v) is 13.1. The van der Waals surface area contributed by atoms with E-state index in [0.717, 1.165) is 30.4 Å². The molecule has 0 heterocycles. The molecule has 0 spiro atoms. The van der Waals surface area contributed by atoms with Crippen molar-refractivity contribution in [2.24, 2.45) is 0 Å². The van der Waals surface area contributed by atoms with Crippen molar-refractivity contribution in [3.8, 4) is 5.75 Å². The first-order chi connectivity index (χ1) is 10.4. The van der Waals surface area contributed by atoms with Gasteiger partial charge in [0.15, 0.2) is 6.61 Å². The van der Waals surface area contributed by atoms with Crippen LogP contribution >= 0.6 is 0 Å². The number of carbonyl (C=O) groups is 2. The van der Waals surface area contributed by atoms with Gasteiger partial charge in [-0.3, -0.25) is 4.79 Å². The molecule has 0 saturated heterocycles. The minimum Gasteiger partial charge on any atom is -0.484 e. The van der Waals surface area contributed by atoms with Crippen molar-refractivity contribution in [2.75, 3.05) is 6.61 Å². The number of aryl methyl sites for hydroxylation is 2. The summed E-state index contributed by atoms with van der Waals surface area (Å²) in [7, 11) is 0. The highest BCUT2D eigenvalue weighted by atomic mass is 16.5. The predicted octanol–water partition coefficient (Wildman–Crippen LogP) is 2.59. The number of carbonyl (C=O) groups excluding carboxylic acids is 1. The Morgan fingerprint density at radius 2 is 1.91 bits per heavy atom. The van der Waals surface area contributed by atoms with Gasteiger partial charge in [0.2, 0.25) is 0 Å². The van der Waals surface area contributed by atoms with E-state index in [-0.39, 0.29) is 12.5 Å². The average Bonchev–Trinajstić information content (AvgIpc) is 2.47. The van der Waals surface area contributed by atoms with Gasteiger partial charge in [-0.15, -0.1) is 0 Å². The van der Waals surface area contributed by atoms with E-state index in [0.29, 0.717) is 18.6 Å². The zero-order chi connectivity index (χ0) is 16.2. The highest BCUT2D eigenvalue weighted by molar-refractivity contribution is 5.87. The van der Waals surface area contributed by atoms with E-state index in [1.165, 1.54) is 0 Å². The molecule has 2 rings (SSSR count). The van der Waals surface area contributed by atoms with Crippen LogP contribution in [0.15, 0.2) is 18.2 Å². The second-order valence-electron chi connectivity index (χ2n) is 6.05. The molecule has 0 aliphatic heterocycles. The lowest BCUT2D eigenvalue weighted by Gasteiger charge is -2.33. The van der Waals surface area contributed by atoms with Crippen LogP contribution in [0.4, 0.5) is 0 Å². The van der Waals surface area contributed by atoms with Crippen molar-refractivity contribution in [1.29, 1.82) is 0 Å². The van der Waals surface area contributed by atoms with Crippen LogP contribution in [0.2, 0.25) is 0 Å². The summed E-state index contributed by atoms with van der Waals surface area (Å²) in [5.41, 5.74) is 0.959. The van der Waals surface area contributed by atoms with E-state index in [4.69, 9.17) is 4.74 Å². The maximum atomic E-state index is 12.1. The molecule has 1 amide bonds. The molecule has 120 valence electrons. The predicted molar refractivity (Wildman–Crippen MR) is 83.0 cm³/mol. The van der Waals surface area contributed by atoms with Crippen molar-refractivity contribution < 1.29 is 19.4 Å². The van der Waals surface area contributed by atoms with Gasteiger partial charge in [-0.1, -0.05) is 37.0 Å². The quantitative estimate of drug-likeness (QED) is 0.876. The van der Waals surface area contributed by atoms with Crippen molar-refractivity contribution in [3.05, 3.63) is 29.3 Å². The SMILES string of the molecule is Cc1ccc(OCC(=O)NC2(C(=O)O)CCCCC2)c(C)c1. The van der Waals surface area contributed by atoms with E-state index in [1.807, 2.05) is 32.0 Å². The molecule has 5 nitrogen and oxygen atoms in total. The maximum absolute atomic E-state index is 12.1. The van der Waals surface area contributed by atoms with E-state index in [1.54, 1.807) is 0 Å². The van der Waals surface area contributed by atoms with E-state index in [2.05, 4.69) is 5.32 Å². The number of hydrogen-bond donors (Lipinski definition) is 2. The summed E-state index contributed by atoms with van der Waals surface area (Å²) in [6.07, 6.45) is 3.63. The highest BCUT2D eigenvalue weighted by Crippen LogP contribution is 2.28. The van der Waals surface area contributed by atoms with E-state index < -0.39 is 11.5 Å². The molecule has 0 aromatic heterocycles. The third-order valence-corrected chi connectivity index (χ3v) is 4.18. The van der Waals surface area contributed by atoms with Crippen LogP contribution in [0.25, 0.3) is 0 Å². The Balaban J connectivity index is 1.95. The Kier molecular flexibility index (Phi) is 5.06. The Morgan fingerprint density at radius 3 is 2.50 bits per heavy atom.